The molecule has 2 aromatic carbocycles. The van der Waals surface area contributed by atoms with Crippen molar-refractivity contribution in [3.63, 3.8) is 0 Å². The van der Waals surface area contributed by atoms with Gasteiger partial charge in [0.15, 0.2) is 0 Å². The van der Waals surface area contributed by atoms with Gasteiger partial charge in [-0.15, -0.1) is 0 Å². The zero-order valence-corrected chi connectivity index (χ0v) is 16.3. The van der Waals surface area contributed by atoms with E-state index in [0.717, 1.165) is 9.87 Å². The molecule has 0 radical (unpaired) electrons. The van der Waals surface area contributed by atoms with Crippen LogP contribution in [0.4, 0.5) is 10.5 Å². The van der Waals surface area contributed by atoms with Crippen LogP contribution in [0.3, 0.4) is 0 Å². The molecule has 154 valence electrons. The van der Waals surface area contributed by atoms with E-state index in [9.17, 15) is 18.0 Å². The van der Waals surface area contributed by atoms with Gasteiger partial charge in [-0.1, -0.05) is 30.3 Å². The number of hydroxylamine groups is 1. The zero-order valence-electron chi connectivity index (χ0n) is 15.4. The maximum Gasteiger partial charge on any atom is 0.411 e. The molecule has 2 aromatic rings. The molecule has 1 aliphatic heterocycles. The van der Waals surface area contributed by atoms with Crippen molar-refractivity contribution in [2.75, 3.05) is 11.9 Å². The van der Waals surface area contributed by atoms with Crippen molar-refractivity contribution in [2.24, 2.45) is 0 Å². The number of carbonyl (C=O) groups is 2. The van der Waals surface area contributed by atoms with Gasteiger partial charge in [-0.3, -0.25) is 15.3 Å². The summed E-state index contributed by atoms with van der Waals surface area (Å²) in [4.78, 5) is 23.6. The SMILES string of the molecule is O=C(Nc1ccc(S(=O)(=O)N2CCC[C@@H]2C(=O)NO)cc1)OCc1ccccc1. The first-order chi connectivity index (χ1) is 13.9. The lowest BCUT2D eigenvalue weighted by Crippen LogP contribution is -2.44. The maximum absolute atomic E-state index is 12.8. The molecule has 1 atom stereocenters. The molecule has 3 rings (SSSR count). The number of amides is 2. The van der Waals surface area contributed by atoms with Crippen LogP contribution >= 0.6 is 0 Å². The highest BCUT2D eigenvalue weighted by atomic mass is 32.2. The number of anilines is 1. The number of benzene rings is 2. The van der Waals surface area contributed by atoms with Gasteiger partial charge < -0.3 is 4.74 Å². The Bertz CT molecular complexity index is 963. The number of nitrogens with zero attached hydrogens (tertiary/aromatic N) is 1. The fraction of sp³-hybridized carbons (Fsp3) is 0.263. The van der Waals surface area contributed by atoms with Gasteiger partial charge in [-0.25, -0.2) is 18.7 Å². The lowest BCUT2D eigenvalue weighted by molar-refractivity contribution is -0.132. The Morgan fingerprint density at radius 3 is 2.45 bits per heavy atom. The van der Waals surface area contributed by atoms with Crippen LogP contribution in [0.1, 0.15) is 18.4 Å². The van der Waals surface area contributed by atoms with E-state index in [0.29, 0.717) is 18.5 Å². The fourth-order valence-electron chi connectivity index (χ4n) is 3.09. The van der Waals surface area contributed by atoms with Crippen LogP contribution in [0, 0.1) is 0 Å². The number of carbonyl (C=O) groups excluding carboxylic acids is 2. The van der Waals surface area contributed by atoms with Crippen molar-refractivity contribution in [1.29, 1.82) is 0 Å². The molecule has 2 amide bonds. The molecule has 1 aliphatic rings. The summed E-state index contributed by atoms with van der Waals surface area (Å²) in [5, 5.41) is 11.3. The minimum atomic E-state index is -3.92. The molecule has 29 heavy (non-hydrogen) atoms. The van der Waals surface area contributed by atoms with E-state index in [2.05, 4.69) is 5.32 Å². The lowest BCUT2D eigenvalue weighted by atomic mass is 10.2. The molecule has 0 spiro atoms. The van der Waals surface area contributed by atoms with Crippen LogP contribution in [0.15, 0.2) is 59.5 Å². The number of ether oxygens (including phenoxy) is 1. The second-order valence-electron chi connectivity index (χ2n) is 6.46. The molecule has 0 bridgehead atoms. The van der Waals surface area contributed by atoms with Crippen LogP contribution in [-0.2, 0) is 26.2 Å². The van der Waals surface area contributed by atoms with Gasteiger partial charge in [0.1, 0.15) is 12.6 Å². The van der Waals surface area contributed by atoms with Gasteiger partial charge >= 0.3 is 6.09 Å². The summed E-state index contributed by atoms with van der Waals surface area (Å²) in [6.07, 6.45) is 0.187. The molecule has 0 aromatic heterocycles. The Labute approximate surface area is 168 Å². The third kappa shape index (κ3) is 4.91. The monoisotopic (exact) mass is 419 g/mol. The van der Waals surface area contributed by atoms with Crippen molar-refractivity contribution in [3.8, 4) is 0 Å². The predicted octanol–water partition coefficient (Wildman–Crippen LogP) is 2.09. The Morgan fingerprint density at radius 2 is 1.79 bits per heavy atom. The van der Waals surface area contributed by atoms with Gasteiger partial charge in [0.05, 0.1) is 4.90 Å². The summed E-state index contributed by atoms with van der Waals surface area (Å²) in [5.74, 6) is -0.759. The van der Waals surface area contributed by atoms with Gasteiger partial charge in [0.2, 0.25) is 10.0 Å². The van der Waals surface area contributed by atoms with Gasteiger partial charge in [-0.05, 0) is 42.7 Å². The molecule has 0 aliphatic carbocycles. The Kier molecular flexibility index (Phi) is 6.47. The Balaban J connectivity index is 1.63. The molecule has 1 fully saturated rings. The third-order valence-corrected chi connectivity index (χ3v) is 6.46. The minimum Gasteiger partial charge on any atom is -0.444 e. The zero-order chi connectivity index (χ0) is 20.9. The summed E-state index contributed by atoms with van der Waals surface area (Å²) in [6, 6.07) is 13.8. The first-order valence-corrected chi connectivity index (χ1v) is 10.4. The smallest absolute Gasteiger partial charge is 0.411 e. The number of hydrogen-bond acceptors (Lipinski definition) is 6. The molecular weight excluding hydrogens is 398 g/mol. The van der Waals surface area contributed by atoms with E-state index in [1.165, 1.54) is 29.7 Å². The molecule has 3 N–H and O–H groups in total. The first kappa shape index (κ1) is 20.8. The average Bonchev–Trinajstić information content (AvgIpc) is 3.24. The topological polar surface area (TPSA) is 125 Å². The van der Waals surface area contributed by atoms with E-state index < -0.39 is 28.1 Å². The van der Waals surface area contributed by atoms with Crippen LogP contribution < -0.4 is 10.8 Å². The van der Waals surface area contributed by atoms with Crippen LogP contribution in [0.5, 0.6) is 0 Å². The maximum atomic E-state index is 12.8. The van der Waals surface area contributed by atoms with Crippen molar-refractivity contribution < 1.29 is 28.0 Å². The highest BCUT2D eigenvalue weighted by Crippen LogP contribution is 2.27. The summed E-state index contributed by atoms with van der Waals surface area (Å²) in [5.41, 5.74) is 2.72. The van der Waals surface area contributed by atoms with Gasteiger partial charge in [-0.2, -0.15) is 4.31 Å². The van der Waals surface area contributed by atoms with Crippen molar-refractivity contribution >= 4 is 27.7 Å². The molecule has 10 heteroatoms. The normalized spacial score (nSPS) is 16.9. The van der Waals surface area contributed by atoms with Crippen LogP contribution in [0.25, 0.3) is 0 Å². The second kappa shape index (κ2) is 9.03. The largest absolute Gasteiger partial charge is 0.444 e. The molecule has 0 saturated carbocycles. The molecule has 9 nitrogen and oxygen atoms in total. The number of rotatable bonds is 6. The third-order valence-electron chi connectivity index (χ3n) is 4.54. The standard InChI is InChI=1S/C19H21N3O6S/c23-18(21-25)17-7-4-12-22(17)29(26,27)16-10-8-15(9-11-16)20-19(24)28-13-14-5-2-1-3-6-14/h1-3,5-6,8-11,17,25H,4,7,12-13H2,(H,20,24)(H,21,23)/t17-/m1/s1. The van der Waals surface area contributed by atoms with Crippen molar-refractivity contribution in [3.05, 3.63) is 60.2 Å². The van der Waals surface area contributed by atoms with Crippen molar-refractivity contribution in [1.82, 2.24) is 9.79 Å². The van der Waals surface area contributed by atoms with Crippen LogP contribution in [0.2, 0.25) is 0 Å². The number of nitrogens with one attached hydrogen (secondary N) is 2. The molecule has 0 unspecified atom stereocenters. The van der Waals surface area contributed by atoms with Crippen LogP contribution in [-0.4, -0.2) is 42.5 Å². The number of hydrogen-bond donors (Lipinski definition) is 3. The first-order valence-electron chi connectivity index (χ1n) is 8.95. The van der Waals surface area contributed by atoms with Gasteiger partial charge in [0, 0.05) is 12.2 Å². The predicted molar refractivity (Wildman–Crippen MR) is 104 cm³/mol. The number of sulfonamides is 1. The van der Waals surface area contributed by atoms with Crippen molar-refractivity contribution in [2.45, 2.75) is 30.4 Å². The quantitative estimate of drug-likeness (QED) is 0.486. The van der Waals surface area contributed by atoms with E-state index in [1.54, 1.807) is 0 Å². The van der Waals surface area contributed by atoms with E-state index in [4.69, 9.17) is 9.94 Å². The minimum absolute atomic E-state index is 0.0154. The summed E-state index contributed by atoms with van der Waals surface area (Å²) < 4.78 is 31.8. The molecule has 1 heterocycles. The second-order valence-corrected chi connectivity index (χ2v) is 8.35. The fourth-order valence-corrected chi connectivity index (χ4v) is 4.74. The Morgan fingerprint density at radius 1 is 1.10 bits per heavy atom. The van der Waals surface area contributed by atoms with Gasteiger partial charge in [0.25, 0.3) is 5.91 Å². The summed E-state index contributed by atoms with van der Waals surface area (Å²) >= 11 is 0. The van der Waals surface area contributed by atoms with E-state index in [1.807, 2.05) is 30.3 Å². The highest BCUT2D eigenvalue weighted by Gasteiger charge is 2.39. The summed E-state index contributed by atoms with van der Waals surface area (Å²) in [6.45, 7) is 0.300. The molecule has 1 saturated heterocycles. The van der Waals surface area contributed by atoms with E-state index >= 15 is 0 Å². The summed E-state index contributed by atoms with van der Waals surface area (Å²) in [7, 11) is -3.92. The molecular formula is C19H21N3O6S. The lowest BCUT2D eigenvalue weighted by Gasteiger charge is -2.22. The Hall–Kier alpha value is -2.95. The highest BCUT2D eigenvalue weighted by molar-refractivity contribution is 7.89. The van der Waals surface area contributed by atoms with E-state index in [-0.39, 0.29) is 18.0 Å². The average molecular weight is 419 g/mol.